The number of para-hydroxylation sites is 1. The number of rotatable bonds is 4. The minimum absolute atomic E-state index is 0.790. The molecule has 0 unspecified atom stereocenters. The van der Waals surface area contributed by atoms with Crippen molar-refractivity contribution < 1.29 is 0 Å². The molecule has 5 nitrogen and oxygen atoms in total. The number of aromatic nitrogens is 5. The van der Waals surface area contributed by atoms with Crippen LogP contribution in [-0.4, -0.2) is 24.3 Å². The zero-order valence-electron chi connectivity index (χ0n) is 18.1. The molecule has 6 aromatic rings. The van der Waals surface area contributed by atoms with Gasteiger partial charge < -0.3 is 4.57 Å². The topological polar surface area (TPSA) is 48.5 Å². The highest BCUT2D eigenvalue weighted by atomic mass is 15.3. The van der Waals surface area contributed by atoms with Gasteiger partial charge in [-0.05, 0) is 29.3 Å². The van der Waals surface area contributed by atoms with Crippen molar-refractivity contribution in [1.82, 2.24) is 24.3 Å². The third-order valence-electron chi connectivity index (χ3n) is 5.95. The first-order valence-corrected chi connectivity index (χ1v) is 10.9. The number of imidazole rings is 1. The molecular formula is C28H21N5. The van der Waals surface area contributed by atoms with Crippen LogP contribution in [0.15, 0.2) is 110 Å². The van der Waals surface area contributed by atoms with E-state index in [1.807, 2.05) is 40.8 Å². The quantitative estimate of drug-likeness (QED) is 0.339. The Kier molecular flexibility index (Phi) is 4.58. The highest BCUT2D eigenvalue weighted by Gasteiger charge is 2.19. The van der Waals surface area contributed by atoms with Crippen LogP contribution in [0.4, 0.5) is 0 Å². The Balaban J connectivity index is 1.63. The van der Waals surface area contributed by atoms with Gasteiger partial charge >= 0.3 is 0 Å². The maximum atomic E-state index is 4.71. The van der Waals surface area contributed by atoms with E-state index >= 15 is 0 Å². The van der Waals surface area contributed by atoms with Gasteiger partial charge in [0.2, 0.25) is 0 Å². The molecule has 0 radical (unpaired) electrons. The van der Waals surface area contributed by atoms with Gasteiger partial charge in [-0.25, -0.2) is 14.6 Å². The molecule has 0 aliphatic rings. The Morgan fingerprint density at radius 2 is 1.30 bits per heavy atom. The van der Waals surface area contributed by atoms with Crippen molar-refractivity contribution in [2.24, 2.45) is 7.05 Å². The molecule has 0 bridgehead atoms. The highest BCUT2D eigenvalue weighted by molar-refractivity contribution is 5.87. The van der Waals surface area contributed by atoms with Gasteiger partial charge in [0.15, 0.2) is 5.82 Å². The van der Waals surface area contributed by atoms with Gasteiger partial charge in [-0.3, -0.25) is 0 Å². The van der Waals surface area contributed by atoms with Gasteiger partial charge in [0.05, 0.1) is 23.0 Å². The summed E-state index contributed by atoms with van der Waals surface area (Å²) in [6, 6.07) is 33.5. The number of benzene rings is 4. The van der Waals surface area contributed by atoms with Crippen LogP contribution < -0.4 is 0 Å². The molecule has 0 aliphatic heterocycles. The van der Waals surface area contributed by atoms with Crippen molar-refractivity contribution >= 4 is 11.0 Å². The summed E-state index contributed by atoms with van der Waals surface area (Å²) >= 11 is 0. The van der Waals surface area contributed by atoms with Crippen LogP contribution in [0, 0.1) is 0 Å². The van der Waals surface area contributed by atoms with Crippen LogP contribution in [0.5, 0.6) is 0 Å². The largest absolute Gasteiger partial charge is 0.334 e. The molecule has 0 N–H and O–H groups in total. The minimum atomic E-state index is 0.790. The lowest BCUT2D eigenvalue weighted by Crippen LogP contribution is -2.04. The van der Waals surface area contributed by atoms with Crippen molar-refractivity contribution in [3.63, 3.8) is 0 Å². The van der Waals surface area contributed by atoms with Crippen molar-refractivity contribution in [2.45, 2.75) is 0 Å². The third kappa shape index (κ3) is 3.31. The predicted molar refractivity (Wildman–Crippen MR) is 132 cm³/mol. The molecule has 0 amide bonds. The first kappa shape index (κ1) is 19.2. The molecule has 0 fully saturated rings. The normalized spacial score (nSPS) is 11.2. The van der Waals surface area contributed by atoms with Crippen molar-refractivity contribution in [3.8, 4) is 39.3 Å². The first-order chi connectivity index (χ1) is 16.3. The van der Waals surface area contributed by atoms with Gasteiger partial charge in [-0.2, -0.15) is 5.10 Å². The third-order valence-corrected chi connectivity index (χ3v) is 5.95. The smallest absolute Gasteiger partial charge is 0.163 e. The van der Waals surface area contributed by atoms with E-state index in [-0.39, 0.29) is 0 Å². The molecule has 6 rings (SSSR count). The fourth-order valence-corrected chi connectivity index (χ4v) is 4.34. The second-order valence-electron chi connectivity index (χ2n) is 7.99. The average Bonchev–Trinajstić information content (AvgIpc) is 3.51. The molecule has 0 spiro atoms. The van der Waals surface area contributed by atoms with Gasteiger partial charge in [0.25, 0.3) is 0 Å². The van der Waals surface area contributed by atoms with E-state index in [1.54, 1.807) is 6.33 Å². The van der Waals surface area contributed by atoms with Crippen LogP contribution in [0.3, 0.4) is 0 Å². The fourth-order valence-electron chi connectivity index (χ4n) is 4.34. The van der Waals surface area contributed by atoms with E-state index in [0.29, 0.717) is 0 Å². The van der Waals surface area contributed by atoms with Crippen molar-refractivity contribution in [3.05, 3.63) is 110 Å². The summed E-state index contributed by atoms with van der Waals surface area (Å²) in [4.78, 5) is 9.12. The van der Waals surface area contributed by atoms with Gasteiger partial charge in [0, 0.05) is 23.7 Å². The van der Waals surface area contributed by atoms with E-state index in [2.05, 4.69) is 88.8 Å². The van der Waals surface area contributed by atoms with E-state index < -0.39 is 0 Å². The maximum absolute atomic E-state index is 4.71. The number of nitrogens with zero attached hydrogens (tertiary/aromatic N) is 5. The van der Waals surface area contributed by atoms with E-state index in [9.17, 15) is 0 Å². The van der Waals surface area contributed by atoms with Crippen LogP contribution in [-0.2, 0) is 7.05 Å². The lowest BCUT2D eigenvalue weighted by atomic mass is 9.95. The molecule has 2 heterocycles. The molecule has 33 heavy (non-hydrogen) atoms. The fraction of sp³-hybridized carbons (Fsp3) is 0.0357. The molecule has 4 aromatic carbocycles. The van der Waals surface area contributed by atoms with Crippen LogP contribution in [0.2, 0.25) is 0 Å². The Hall–Kier alpha value is -4.51. The molecule has 5 heteroatoms. The summed E-state index contributed by atoms with van der Waals surface area (Å²) in [5.74, 6) is 0.790. The molecule has 158 valence electrons. The number of hydrogen-bond donors (Lipinski definition) is 0. The predicted octanol–water partition coefficient (Wildman–Crippen LogP) is 6.16. The Morgan fingerprint density at radius 3 is 1.97 bits per heavy atom. The Morgan fingerprint density at radius 1 is 0.636 bits per heavy atom. The highest BCUT2D eigenvalue weighted by Crippen LogP contribution is 2.37. The summed E-state index contributed by atoms with van der Waals surface area (Å²) in [7, 11) is 2.00. The van der Waals surface area contributed by atoms with Crippen molar-refractivity contribution in [1.29, 1.82) is 0 Å². The van der Waals surface area contributed by atoms with Crippen molar-refractivity contribution in [2.75, 3.05) is 0 Å². The van der Waals surface area contributed by atoms with Crippen LogP contribution in [0.1, 0.15) is 0 Å². The van der Waals surface area contributed by atoms with Crippen LogP contribution in [0.25, 0.3) is 50.4 Å². The zero-order valence-corrected chi connectivity index (χ0v) is 18.1. The van der Waals surface area contributed by atoms with Gasteiger partial charge in [0.1, 0.15) is 6.33 Å². The summed E-state index contributed by atoms with van der Waals surface area (Å²) in [6.45, 7) is 0. The molecule has 0 saturated heterocycles. The number of fused-ring (bicyclic) bond motifs is 1. The molecule has 0 aliphatic carbocycles. The van der Waals surface area contributed by atoms with Gasteiger partial charge in [-0.15, -0.1) is 0 Å². The summed E-state index contributed by atoms with van der Waals surface area (Å²) in [5.41, 5.74) is 8.49. The Bertz CT molecular complexity index is 1500. The molecular weight excluding hydrogens is 406 g/mol. The van der Waals surface area contributed by atoms with Crippen LogP contribution >= 0.6 is 0 Å². The van der Waals surface area contributed by atoms with E-state index in [4.69, 9.17) is 5.10 Å². The monoisotopic (exact) mass is 427 g/mol. The minimum Gasteiger partial charge on any atom is -0.334 e. The maximum Gasteiger partial charge on any atom is 0.163 e. The SMILES string of the molecule is Cn1cnc2ccc(-c3ncnn3-c3c(-c4ccccc4)cccc3-c3ccccc3)cc21. The Labute approximate surface area is 191 Å². The molecule has 0 saturated carbocycles. The standard InChI is InChI=1S/C28H21N5/c1-32-19-30-25-16-15-22(17-26(25)32)28-29-18-31-33(28)27-23(20-9-4-2-5-10-20)13-8-14-24(27)21-11-6-3-7-12-21/h2-19H,1H3. The van der Waals surface area contributed by atoms with E-state index in [1.165, 1.54) is 0 Å². The lowest BCUT2D eigenvalue weighted by Gasteiger charge is -2.17. The second kappa shape index (κ2) is 7.88. The van der Waals surface area contributed by atoms with E-state index in [0.717, 1.165) is 50.4 Å². The summed E-state index contributed by atoms with van der Waals surface area (Å²) < 4.78 is 3.98. The molecule has 0 atom stereocenters. The second-order valence-corrected chi connectivity index (χ2v) is 7.99. The molecule has 2 aromatic heterocycles. The summed E-state index contributed by atoms with van der Waals surface area (Å²) in [6.07, 6.45) is 3.46. The number of hydrogen-bond acceptors (Lipinski definition) is 3. The van der Waals surface area contributed by atoms with Gasteiger partial charge in [-0.1, -0.05) is 78.9 Å². The average molecular weight is 428 g/mol. The zero-order chi connectivity index (χ0) is 22.2. The first-order valence-electron chi connectivity index (χ1n) is 10.9. The lowest BCUT2D eigenvalue weighted by molar-refractivity contribution is 0.890. The number of aryl methyl sites for hydroxylation is 1. The summed E-state index contributed by atoms with van der Waals surface area (Å²) in [5, 5.41) is 4.71.